The molecule has 2 N–H and O–H groups in total. The quantitative estimate of drug-likeness (QED) is 0.347. The van der Waals surface area contributed by atoms with Gasteiger partial charge in [0.05, 0.1) is 44.0 Å². The van der Waals surface area contributed by atoms with Crippen LogP contribution >= 0.6 is 0 Å². The summed E-state index contributed by atoms with van der Waals surface area (Å²) in [7, 11) is 0. The van der Waals surface area contributed by atoms with E-state index in [4.69, 9.17) is 9.47 Å². The van der Waals surface area contributed by atoms with Gasteiger partial charge >= 0.3 is 0 Å². The maximum atomic E-state index is 15.2. The number of halogens is 3. The topological polar surface area (TPSA) is 132 Å². The van der Waals surface area contributed by atoms with E-state index in [2.05, 4.69) is 53.6 Å². The van der Waals surface area contributed by atoms with Crippen LogP contribution in [-0.4, -0.2) is 125 Å². The number of hydrogen-bond donors (Lipinski definition) is 2. The second-order valence-electron chi connectivity index (χ2n) is 13.0. The van der Waals surface area contributed by atoms with Crippen molar-refractivity contribution in [1.82, 2.24) is 35.0 Å². The van der Waals surface area contributed by atoms with E-state index in [9.17, 15) is 18.8 Å². The lowest BCUT2D eigenvalue weighted by atomic mass is 10.0. The van der Waals surface area contributed by atoms with Gasteiger partial charge in [0.1, 0.15) is 24.3 Å². The Bertz CT molecular complexity index is 1680. The summed E-state index contributed by atoms with van der Waals surface area (Å²) in [4.78, 5) is 32.0. The highest BCUT2D eigenvalue weighted by atomic mass is 19.3. The van der Waals surface area contributed by atoms with Gasteiger partial charge in [-0.3, -0.25) is 19.9 Å². The Morgan fingerprint density at radius 3 is 2.57 bits per heavy atom. The summed E-state index contributed by atoms with van der Waals surface area (Å²) in [5, 5.41) is 15.6. The third kappa shape index (κ3) is 7.78. The number of anilines is 2. The molecule has 3 aromatic rings. The Kier molecular flexibility index (Phi) is 9.64. The maximum Gasteiger partial charge on any atom is 0.262 e. The van der Waals surface area contributed by atoms with Gasteiger partial charge in [0.2, 0.25) is 11.9 Å². The third-order valence-corrected chi connectivity index (χ3v) is 9.57. The van der Waals surface area contributed by atoms with Crippen LogP contribution < -0.4 is 15.4 Å². The number of ether oxygens (including phenoxy) is 2. The Morgan fingerprint density at radius 2 is 1.90 bits per heavy atom. The molecule has 1 amide bonds. The summed E-state index contributed by atoms with van der Waals surface area (Å²) >= 11 is 0. The predicted molar refractivity (Wildman–Crippen MR) is 173 cm³/mol. The van der Waals surface area contributed by atoms with Crippen LogP contribution in [-0.2, 0) is 16.1 Å². The molecule has 0 radical (unpaired) electrons. The molecule has 0 saturated carbocycles. The lowest BCUT2D eigenvalue weighted by molar-refractivity contribution is -0.137. The molecule has 1 unspecified atom stereocenters. The number of likely N-dealkylation sites (tertiary alicyclic amines) is 1. The number of amides is 1. The zero-order chi connectivity index (χ0) is 34.0. The van der Waals surface area contributed by atoms with Crippen molar-refractivity contribution in [2.45, 2.75) is 49.7 Å². The molecular weight excluding hydrogens is 639 g/mol. The van der Waals surface area contributed by atoms with E-state index in [0.29, 0.717) is 23.4 Å². The molecule has 12 nitrogen and oxygen atoms in total. The number of carbonyl (C=O) groups is 1. The number of piperazine rings is 1. The summed E-state index contributed by atoms with van der Waals surface area (Å²) in [5.74, 6) is -2.62. The minimum Gasteiger partial charge on any atom is -0.486 e. The van der Waals surface area contributed by atoms with Gasteiger partial charge in [-0.1, -0.05) is 12.1 Å². The fraction of sp³-hybridized carbons (Fsp3) is 0.500. The first-order chi connectivity index (χ1) is 23.7. The summed E-state index contributed by atoms with van der Waals surface area (Å²) in [6.45, 7) is 6.11. The maximum absolute atomic E-state index is 15.2. The third-order valence-electron chi connectivity index (χ3n) is 9.57. The van der Waals surface area contributed by atoms with E-state index < -0.39 is 43.1 Å². The van der Waals surface area contributed by atoms with E-state index in [0.717, 1.165) is 51.6 Å². The fourth-order valence-corrected chi connectivity index (χ4v) is 6.65. The smallest absolute Gasteiger partial charge is 0.262 e. The first-order valence-corrected chi connectivity index (χ1v) is 16.6. The minimum absolute atomic E-state index is 0.152. The summed E-state index contributed by atoms with van der Waals surface area (Å²) in [6, 6.07) is 14.6. The van der Waals surface area contributed by atoms with E-state index in [1.54, 1.807) is 18.2 Å². The standard InChI is InChI=1S/C34H38F3N9O3/c35-27-17-46(32(47)28-14-34(36,37)20-39-28)8-7-30(27)49-29-6-3-23(13-24(29)15-38)31-40-21-41-33(43-31)42-25-4-1-22(2-5-25)16-44-9-11-45(12-10-44)26-18-48-19-26/h1-6,13,21,26-28,30,39H,7-12,14,16-20H2,(H,40,41,42,43)/t27-,28-,30?/m1/s1. The Balaban J connectivity index is 0.932. The molecular formula is C34H38F3N9O3. The van der Waals surface area contributed by atoms with E-state index in [1.165, 1.54) is 16.8 Å². The van der Waals surface area contributed by atoms with E-state index in [1.807, 2.05) is 12.1 Å². The van der Waals surface area contributed by atoms with Crippen LogP contribution in [0.3, 0.4) is 0 Å². The lowest BCUT2D eigenvalue weighted by Crippen LogP contribution is -2.56. The molecule has 15 heteroatoms. The Labute approximate surface area is 282 Å². The molecule has 5 heterocycles. The number of nitriles is 1. The normalized spacial score (nSPS) is 24.6. The summed E-state index contributed by atoms with van der Waals surface area (Å²) in [6.07, 6.45) is -1.52. The highest BCUT2D eigenvalue weighted by Gasteiger charge is 2.45. The van der Waals surface area contributed by atoms with Crippen molar-refractivity contribution in [3.63, 3.8) is 0 Å². The second-order valence-corrected chi connectivity index (χ2v) is 13.0. The first-order valence-electron chi connectivity index (χ1n) is 16.6. The van der Waals surface area contributed by atoms with Gasteiger partial charge in [-0.05, 0) is 35.9 Å². The van der Waals surface area contributed by atoms with Gasteiger partial charge in [0.15, 0.2) is 12.0 Å². The van der Waals surface area contributed by atoms with Crippen molar-refractivity contribution in [2.24, 2.45) is 0 Å². The van der Waals surface area contributed by atoms with Crippen molar-refractivity contribution in [3.05, 3.63) is 59.9 Å². The van der Waals surface area contributed by atoms with Crippen LogP contribution in [0.1, 0.15) is 24.0 Å². The number of nitrogens with one attached hydrogen (secondary N) is 2. The monoisotopic (exact) mass is 677 g/mol. The molecule has 4 saturated heterocycles. The van der Waals surface area contributed by atoms with Crippen LogP contribution in [0.4, 0.5) is 24.8 Å². The van der Waals surface area contributed by atoms with Crippen molar-refractivity contribution in [1.29, 1.82) is 5.26 Å². The number of carbonyl (C=O) groups excluding carboxylic acids is 1. The van der Waals surface area contributed by atoms with Crippen LogP contribution in [0.2, 0.25) is 0 Å². The highest BCUT2D eigenvalue weighted by Crippen LogP contribution is 2.30. The van der Waals surface area contributed by atoms with Gasteiger partial charge in [-0.25, -0.2) is 23.1 Å². The van der Waals surface area contributed by atoms with Crippen molar-refractivity contribution >= 4 is 17.5 Å². The zero-order valence-electron chi connectivity index (χ0n) is 26.9. The van der Waals surface area contributed by atoms with Crippen molar-refractivity contribution < 1.29 is 27.4 Å². The van der Waals surface area contributed by atoms with Gasteiger partial charge in [0.25, 0.3) is 5.92 Å². The van der Waals surface area contributed by atoms with Crippen LogP contribution in [0, 0.1) is 11.3 Å². The Morgan fingerprint density at radius 1 is 1.10 bits per heavy atom. The predicted octanol–water partition coefficient (Wildman–Crippen LogP) is 2.99. The molecule has 2 aromatic carbocycles. The molecule has 1 aromatic heterocycles. The largest absolute Gasteiger partial charge is 0.486 e. The van der Waals surface area contributed by atoms with Crippen LogP contribution in [0.25, 0.3) is 11.4 Å². The van der Waals surface area contributed by atoms with Crippen molar-refractivity contribution in [2.75, 3.05) is 64.3 Å². The SMILES string of the molecule is N#Cc1cc(-c2ncnc(Nc3ccc(CN4CCN(C5COC5)CC4)cc3)n2)ccc1OC1CCN(C(=O)[C@H]2CC(F)(F)CN2)C[C@H]1F. The number of nitrogens with zero attached hydrogens (tertiary/aromatic N) is 7. The summed E-state index contributed by atoms with van der Waals surface area (Å²) in [5.41, 5.74) is 2.76. The number of hydrogen-bond acceptors (Lipinski definition) is 11. The lowest BCUT2D eigenvalue weighted by Gasteiger charge is -2.42. The highest BCUT2D eigenvalue weighted by molar-refractivity contribution is 5.82. The number of benzene rings is 2. The zero-order valence-corrected chi connectivity index (χ0v) is 26.9. The number of alkyl halides is 3. The van der Waals surface area contributed by atoms with Gasteiger partial charge in [0, 0.05) is 63.4 Å². The van der Waals surface area contributed by atoms with Gasteiger partial charge < -0.3 is 19.7 Å². The molecule has 4 aliphatic rings. The molecule has 4 aliphatic heterocycles. The van der Waals surface area contributed by atoms with Crippen molar-refractivity contribution in [3.8, 4) is 23.2 Å². The van der Waals surface area contributed by atoms with E-state index >= 15 is 4.39 Å². The number of piperidine rings is 1. The minimum atomic E-state index is -2.95. The van der Waals surface area contributed by atoms with Gasteiger partial charge in [-0.15, -0.1) is 0 Å². The average Bonchev–Trinajstić information content (AvgIpc) is 3.46. The van der Waals surface area contributed by atoms with E-state index in [-0.39, 0.29) is 30.8 Å². The molecule has 3 atom stereocenters. The molecule has 0 spiro atoms. The first kappa shape index (κ1) is 33.2. The average molecular weight is 678 g/mol. The molecule has 0 bridgehead atoms. The second kappa shape index (κ2) is 14.2. The molecule has 49 heavy (non-hydrogen) atoms. The van der Waals surface area contributed by atoms with Crippen LogP contribution in [0.15, 0.2) is 48.8 Å². The summed E-state index contributed by atoms with van der Waals surface area (Å²) < 4.78 is 53.5. The number of rotatable bonds is 9. The molecule has 7 rings (SSSR count). The molecule has 4 fully saturated rings. The molecule has 0 aliphatic carbocycles. The fourth-order valence-electron chi connectivity index (χ4n) is 6.65. The van der Waals surface area contributed by atoms with Gasteiger partial charge in [-0.2, -0.15) is 10.2 Å². The van der Waals surface area contributed by atoms with Crippen LogP contribution in [0.5, 0.6) is 5.75 Å². The molecule has 258 valence electrons. The number of aromatic nitrogens is 3. The Hall–Kier alpha value is -4.36.